The first-order valence-corrected chi connectivity index (χ1v) is 11.1. The quantitative estimate of drug-likeness (QED) is 0.594. The van der Waals surface area contributed by atoms with Crippen LogP contribution in [-0.4, -0.2) is 45.8 Å². The van der Waals surface area contributed by atoms with E-state index in [1.807, 2.05) is 53.0 Å². The molecule has 0 spiro atoms. The molecular weight excluding hydrogens is 374 g/mol. The van der Waals surface area contributed by atoms with Crippen LogP contribution in [0.5, 0.6) is 0 Å². The minimum Gasteiger partial charge on any atom is -0.353 e. The van der Waals surface area contributed by atoms with Crippen LogP contribution in [0.2, 0.25) is 0 Å². The van der Waals surface area contributed by atoms with Crippen LogP contribution in [0.1, 0.15) is 50.8 Å². The topological polar surface area (TPSA) is 45.6 Å². The summed E-state index contributed by atoms with van der Waals surface area (Å²) in [4.78, 5) is 30.1. The van der Waals surface area contributed by atoms with Crippen molar-refractivity contribution in [3.05, 3.63) is 59.9 Å². The van der Waals surface area contributed by atoms with Crippen LogP contribution in [0.4, 0.5) is 0 Å². The van der Waals surface area contributed by atoms with Crippen LogP contribution in [-0.2, 0) is 23.2 Å². The molecule has 0 saturated heterocycles. The lowest BCUT2D eigenvalue weighted by Crippen LogP contribution is -2.44. The first kappa shape index (κ1) is 22.1. The molecule has 2 unspecified atom stereocenters. The second-order valence-electron chi connectivity index (χ2n) is 8.90. The van der Waals surface area contributed by atoms with Crippen LogP contribution < -0.4 is 0 Å². The molecule has 5 heteroatoms. The zero-order valence-electron chi connectivity index (χ0n) is 18.8. The van der Waals surface area contributed by atoms with Crippen molar-refractivity contribution in [3.8, 4) is 0 Å². The summed E-state index contributed by atoms with van der Waals surface area (Å²) in [7, 11) is 2.00. The van der Waals surface area contributed by atoms with Crippen molar-refractivity contribution in [2.24, 2.45) is 18.9 Å². The number of amides is 2. The van der Waals surface area contributed by atoms with Crippen LogP contribution in [0.25, 0.3) is 0 Å². The number of benzene rings is 1. The molecule has 2 amide bonds. The third-order valence-corrected chi connectivity index (χ3v) is 5.81. The predicted octanol–water partition coefficient (Wildman–Crippen LogP) is 4.05. The Morgan fingerprint density at radius 2 is 1.83 bits per heavy atom. The molecule has 5 nitrogen and oxygen atoms in total. The monoisotopic (exact) mass is 409 g/mol. The molecule has 2 aromatic rings. The standard InChI is InChI=1S/C25H35N3O2/c1-5-13-27(25(30)23-15-22(23)20-10-7-6-8-11-20)18-24(29)28(16-19(2)3)17-21-12-9-14-26(21)4/h6-12,14,19,22-23H,5,13,15-18H2,1-4H3. The van der Waals surface area contributed by atoms with Crippen LogP contribution in [0, 0.1) is 11.8 Å². The molecular formula is C25H35N3O2. The fourth-order valence-electron chi connectivity index (χ4n) is 4.12. The van der Waals surface area contributed by atoms with Crippen molar-refractivity contribution in [2.75, 3.05) is 19.6 Å². The summed E-state index contributed by atoms with van der Waals surface area (Å²) >= 11 is 0. The van der Waals surface area contributed by atoms with Gasteiger partial charge < -0.3 is 14.4 Å². The molecule has 1 aliphatic carbocycles. The summed E-state index contributed by atoms with van der Waals surface area (Å²) in [5.41, 5.74) is 2.33. The Morgan fingerprint density at radius 3 is 2.43 bits per heavy atom. The van der Waals surface area contributed by atoms with Gasteiger partial charge in [0.25, 0.3) is 0 Å². The molecule has 162 valence electrons. The number of aryl methyl sites for hydroxylation is 1. The number of aromatic nitrogens is 1. The molecule has 1 heterocycles. The molecule has 30 heavy (non-hydrogen) atoms. The van der Waals surface area contributed by atoms with Crippen LogP contribution in [0.3, 0.4) is 0 Å². The highest BCUT2D eigenvalue weighted by atomic mass is 16.2. The van der Waals surface area contributed by atoms with Crippen molar-refractivity contribution in [3.63, 3.8) is 0 Å². The highest BCUT2D eigenvalue weighted by molar-refractivity contribution is 5.88. The predicted molar refractivity (Wildman–Crippen MR) is 120 cm³/mol. The Balaban J connectivity index is 1.66. The van der Waals surface area contributed by atoms with Gasteiger partial charge >= 0.3 is 0 Å². The minimum atomic E-state index is 0.0122. The first-order chi connectivity index (χ1) is 14.4. The van der Waals surface area contributed by atoms with E-state index in [1.165, 1.54) is 5.56 Å². The Hall–Kier alpha value is -2.56. The molecule has 2 atom stereocenters. The molecule has 1 aromatic carbocycles. The lowest BCUT2D eigenvalue weighted by atomic mass is 10.1. The molecule has 1 fully saturated rings. The van der Waals surface area contributed by atoms with Crippen molar-refractivity contribution in [2.45, 2.75) is 46.1 Å². The number of hydrogen-bond acceptors (Lipinski definition) is 2. The van der Waals surface area contributed by atoms with Gasteiger partial charge in [-0.15, -0.1) is 0 Å². The average molecular weight is 410 g/mol. The lowest BCUT2D eigenvalue weighted by molar-refractivity contribution is -0.142. The number of hydrogen-bond donors (Lipinski definition) is 0. The summed E-state index contributed by atoms with van der Waals surface area (Å²) in [5, 5.41) is 0. The Bertz CT molecular complexity index is 843. The zero-order valence-corrected chi connectivity index (χ0v) is 18.8. The van der Waals surface area contributed by atoms with Crippen molar-refractivity contribution in [1.82, 2.24) is 14.4 Å². The van der Waals surface area contributed by atoms with Gasteiger partial charge in [0.15, 0.2) is 0 Å². The minimum absolute atomic E-state index is 0.0122. The van der Waals surface area contributed by atoms with E-state index in [4.69, 9.17) is 0 Å². The van der Waals surface area contributed by atoms with Gasteiger partial charge in [-0.3, -0.25) is 9.59 Å². The highest BCUT2D eigenvalue weighted by Crippen LogP contribution is 2.48. The number of carbonyl (C=O) groups is 2. The summed E-state index contributed by atoms with van der Waals surface area (Å²) in [6, 6.07) is 14.3. The van der Waals surface area contributed by atoms with Gasteiger partial charge in [0.2, 0.25) is 11.8 Å². The normalized spacial score (nSPS) is 17.8. The van der Waals surface area contributed by atoms with E-state index in [1.54, 1.807) is 4.90 Å². The molecule has 1 aromatic heterocycles. The molecule has 1 aliphatic rings. The van der Waals surface area contributed by atoms with Crippen molar-refractivity contribution >= 4 is 11.8 Å². The maximum Gasteiger partial charge on any atom is 0.242 e. The third-order valence-electron chi connectivity index (χ3n) is 5.81. The van der Waals surface area contributed by atoms with Gasteiger partial charge in [-0.2, -0.15) is 0 Å². The van der Waals surface area contributed by atoms with Crippen molar-refractivity contribution in [1.29, 1.82) is 0 Å². The maximum absolute atomic E-state index is 13.2. The molecule has 0 radical (unpaired) electrons. The number of nitrogens with zero attached hydrogens (tertiary/aromatic N) is 3. The smallest absolute Gasteiger partial charge is 0.242 e. The number of rotatable bonds is 10. The van der Waals surface area contributed by atoms with Gasteiger partial charge in [-0.1, -0.05) is 51.1 Å². The van der Waals surface area contributed by atoms with Crippen LogP contribution >= 0.6 is 0 Å². The third kappa shape index (κ3) is 5.53. The van der Waals surface area contributed by atoms with Crippen LogP contribution in [0.15, 0.2) is 48.7 Å². The van der Waals surface area contributed by atoms with E-state index in [0.29, 0.717) is 31.5 Å². The van der Waals surface area contributed by atoms with E-state index in [-0.39, 0.29) is 24.3 Å². The van der Waals surface area contributed by atoms with Gasteiger partial charge in [0, 0.05) is 37.9 Å². The molecule has 3 rings (SSSR count). The molecule has 1 saturated carbocycles. The molecule has 0 bridgehead atoms. The largest absolute Gasteiger partial charge is 0.353 e. The summed E-state index contributed by atoms with van der Waals surface area (Å²) in [6.45, 7) is 8.36. The zero-order chi connectivity index (χ0) is 21.7. The highest BCUT2D eigenvalue weighted by Gasteiger charge is 2.45. The van der Waals surface area contributed by atoms with E-state index < -0.39 is 0 Å². The maximum atomic E-state index is 13.2. The second kappa shape index (κ2) is 9.96. The summed E-state index contributed by atoms with van der Waals surface area (Å²) in [5.74, 6) is 0.836. The SMILES string of the molecule is CCCN(CC(=O)N(Cc1cccn1C)CC(C)C)C(=O)C1CC1c1ccccc1. The van der Waals surface area contributed by atoms with Gasteiger partial charge in [-0.05, 0) is 42.4 Å². The fourth-order valence-corrected chi connectivity index (χ4v) is 4.12. The molecule has 0 aliphatic heterocycles. The van der Waals surface area contributed by atoms with Gasteiger partial charge in [-0.25, -0.2) is 0 Å². The Kier molecular flexibility index (Phi) is 7.35. The second-order valence-corrected chi connectivity index (χ2v) is 8.90. The summed E-state index contributed by atoms with van der Waals surface area (Å²) in [6.07, 6.45) is 3.73. The average Bonchev–Trinajstić information content (AvgIpc) is 3.43. The molecule has 0 N–H and O–H groups in total. The summed E-state index contributed by atoms with van der Waals surface area (Å²) < 4.78 is 2.05. The lowest BCUT2D eigenvalue weighted by Gasteiger charge is -2.29. The van der Waals surface area contributed by atoms with Gasteiger partial charge in [0.05, 0.1) is 13.1 Å². The fraction of sp³-hybridized carbons (Fsp3) is 0.520. The first-order valence-electron chi connectivity index (χ1n) is 11.1. The Labute approximate surface area is 180 Å². The number of carbonyl (C=O) groups excluding carboxylic acids is 2. The van der Waals surface area contributed by atoms with E-state index in [0.717, 1.165) is 18.5 Å². The van der Waals surface area contributed by atoms with E-state index in [2.05, 4.69) is 32.9 Å². The Morgan fingerprint density at radius 1 is 1.10 bits per heavy atom. The van der Waals surface area contributed by atoms with Gasteiger partial charge in [0.1, 0.15) is 0 Å². The van der Waals surface area contributed by atoms with Crippen molar-refractivity contribution < 1.29 is 9.59 Å². The van der Waals surface area contributed by atoms with E-state index >= 15 is 0 Å². The van der Waals surface area contributed by atoms with E-state index in [9.17, 15) is 9.59 Å².